The van der Waals surface area contributed by atoms with Crippen molar-refractivity contribution in [1.29, 1.82) is 5.26 Å². The summed E-state index contributed by atoms with van der Waals surface area (Å²) in [5.74, 6) is 0.117. The number of nitriles is 1. The molecule has 0 aliphatic carbocycles. The highest BCUT2D eigenvalue weighted by Gasteiger charge is 2.11. The van der Waals surface area contributed by atoms with E-state index >= 15 is 0 Å². The fourth-order valence-electron chi connectivity index (χ4n) is 1.80. The van der Waals surface area contributed by atoms with Crippen molar-refractivity contribution in [2.24, 2.45) is 0 Å². The first-order chi connectivity index (χ1) is 11.6. The van der Waals surface area contributed by atoms with Crippen LogP contribution in [0.3, 0.4) is 0 Å². The van der Waals surface area contributed by atoms with E-state index in [0.717, 1.165) is 9.90 Å². The molecule has 9 heteroatoms. The van der Waals surface area contributed by atoms with Crippen molar-refractivity contribution in [3.63, 3.8) is 0 Å². The Morgan fingerprint density at radius 3 is 3.00 bits per heavy atom. The minimum atomic E-state index is -0.133. The average molecular weight is 381 g/mol. The van der Waals surface area contributed by atoms with E-state index in [1.165, 1.54) is 34.4 Å². The van der Waals surface area contributed by atoms with E-state index < -0.39 is 0 Å². The number of thiophene rings is 1. The molecule has 0 spiro atoms. The van der Waals surface area contributed by atoms with Crippen molar-refractivity contribution in [1.82, 2.24) is 10.3 Å². The van der Waals surface area contributed by atoms with Crippen LogP contribution in [-0.4, -0.2) is 29.1 Å². The topological polar surface area (TPSA) is 94.9 Å². The predicted octanol–water partition coefficient (Wildman–Crippen LogP) is 3.28. The number of aryl methyl sites for hydroxylation is 1. The first-order valence-electron chi connectivity index (χ1n) is 7.19. The molecule has 0 radical (unpaired) electrons. The van der Waals surface area contributed by atoms with Gasteiger partial charge in [-0.15, -0.1) is 11.3 Å². The maximum absolute atomic E-state index is 11.9. The van der Waals surface area contributed by atoms with Gasteiger partial charge in [-0.05, 0) is 24.8 Å². The molecule has 0 aromatic carbocycles. The Morgan fingerprint density at radius 1 is 1.46 bits per heavy atom. The summed E-state index contributed by atoms with van der Waals surface area (Å²) >= 11 is 4.17. The molecule has 2 N–H and O–H groups in total. The Labute approximate surface area is 152 Å². The van der Waals surface area contributed by atoms with E-state index in [9.17, 15) is 9.59 Å². The van der Waals surface area contributed by atoms with Crippen LogP contribution in [0.2, 0.25) is 0 Å². The number of aromatic nitrogens is 1. The number of nitrogens with one attached hydrogen (secondary N) is 2. The van der Waals surface area contributed by atoms with Crippen LogP contribution in [-0.2, 0) is 4.79 Å². The third-order valence-corrected chi connectivity index (χ3v) is 6.05. The number of thioether (sulfide) groups is 1. The lowest BCUT2D eigenvalue weighted by atomic mass is 10.3. The van der Waals surface area contributed by atoms with Gasteiger partial charge in [0.05, 0.1) is 26.6 Å². The molecule has 0 fully saturated rings. The predicted molar refractivity (Wildman–Crippen MR) is 97.7 cm³/mol. The number of anilines is 1. The van der Waals surface area contributed by atoms with Crippen LogP contribution < -0.4 is 10.6 Å². The maximum atomic E-state index is 11.9. The summed E-state index contributed by atoms with van der Waals surface area (Å²) < 4.78 is 0.940. The zero-order valence-electron chi connectivity index (χ0n) is 13.0. The van der Waals surface area contributed by atoms with Crippen LogP contribution in [0.15, 0.2) is 21.7 Å². The van der Waals surface area contributed by atoms with E-state index in [1.807, 2.05) is 18.4 Å². The van der Waals surface area contributed by atoms with Crippen molar-refractivity contribution in [3.05, 3.63) is 28.1 Å². The highest BCUT2D eigenvalue weighted by Crippen LogP contribution is 2.31. The number of thiazole rings is 1. The molecule has 6 nitrogen and oxygen atoms in total. The molecular formula is C15H16N4O2S3. The van der Waals surface area contributed by atoms with Gasteiger partial charge in [-0.3, -0.25) is 9.59 Å². The Kier molecular flexibility index (Phi) is 7.24. The molecule has 2 rings (SSSR count). The van der Waals surface area contributed by atoms with Gasteiger partial charge in [0.25, 0.3) is 5.91 Å². The summed E-state index contributed by atoms with van der Waals surface area (Å²) in [7, 11) is 0. The van der Waals surface area contributed by atoms with Crippen LogP contribution in [0.25, 0.3) is 0 Å². The molecule has 0 saturated carbocycles. The first-order valence-corrected chi connectivity index (χ1v) is 9.87. The van der Waals surface area contributed by atoms with Crippen molar-refractivity contribution < 1.29 is 9.59 Å². The zero-order valence-corrected chi connectivity index (χ0v) is 15.4. The third kappa shape index (κ3) is 5.63. The van der Waals surface area contributed by atoms with Crippen molar-refractivity contribution >= 4 is 51.4 Å². The summed E-state index contributed by atoms with van der Waals surface area (Å²) in [5.41, 5.74) is 0.818. The molecule has 2 aromatic heterocycles. The Morgan fingerprint density at radius 2 is 2.29 bits per heavy atom. The van der Waals surface area contributed by atoms with Crippen LogP contribution in [0, 0.1) is 18.3 Å². The molecule has 0 aliphatic heterocycles. The van der Waals surface area contributed by atoms with E-state index in [0.29, 0.717) is 35.1 Å². The number of rotatable bonds is 8. The van der Waals surface area contributed by atoms with Gasteiger partial charge in [0.15, 0.2) is 5.13 Å². The standard InChI is InChI=1S/C15H16N4O2S3/c1-10-14(23-9-6-16)24-15(18-10)19-12(20)5-2-7-17-13(21)11-4-3-8-22-11/h3-4,8H,2,5,7,9H2,1H3,(H,17,21)(H,18,19,20). The van der Waals surface area contributed by atoms with Gasteiger partial charge < -0.3 is 10.6 Å². The van der Waals surface area contributed by atoms with Crippen molar-refractivity contribution in [3.8, 4) is 6.07 Å². The third-order valence-electron chi connectivity index (χ3n) is 2.88. The quantitative estimate of drug-likeness (QED) is 0.541. The minimum absolute atomic E-state index is 0.111. The highest BCUT2D eigenvalue weighted by atomic mass is 32.2. The van der Waals surface area contributed by atoms with Crippen molar-refractivity contribution in [2.45, 2.75) is 24.0 Å². The average Bonchev–Trinajstić information content (AvgIpc) is 3.19. The fraction of sp³-hybridized carbons (Fsp3) is 0.333. The molecule has 0 unspecified atom stereocenters. The number of nitrogens with zero attached hydrogens (tertiary/aromatic N) is 2. The lowest BCUT2D eigenvalue weighted by Gasteiger charge is -2.04. The molecular weight excluding hydrogens is 364 g/mol. The minimum Gasteiger partial charge on any atom is -0.351 e. The number of amides is 2. The number of hydrogen-bond acceptors (Lipinski definition) is 7. The molecule has 2 aromatic rings. The zero-order chi connectivity index (χ0) is 17.4. The van der Waals surface area contributed by atoms with E-state index in [-0.39, 0.29) is 11.8 Å². The lowest BCUT2D eigenvalue weighted by molar-refractivity contribution is -0.116. The monoisotopic (exact) mass is 380 g/mol. The summed E-state index contributed by atoms with van der Waals surface area (Å²) in [6, 6.07) is 5.66. The fourth-order valence-corrected chi connectivity index (χ4v) is 4.25. The van der Waals surface area contributed by atoms with E-state index in [4.69, 9.17) is 5.26 Å². The molecule has 2 heterocycles. The maximum Gasteiger partial charge on any atom is 0.261 e. The van der Waals surface area contributed by atoms with Crippen LogP contribution in [0.5, 0.6) is 0 Å². The molecule has 126 valence electrons. The second kappa shape index (κ2) is 9.42. The smallest absolute Gasteiger partial charge is 0.261 e. The van der Waals surface area contributed by atoms with E-state index in [2.05, 4.69) is 21.7 Å². The van der Waals surface area contributed by atoms with Gasteiger partial charge >= 0.3 is 0 Å². The first kappa shape index (κ1) is 18.4. The van der Waals surface area contributed by atoms with Gasteiger partial charge in [0, 0.05) is 13.0 Å². The number of hydrogen-bond donors (Lipinski definition) is 2. The molecule has 0 aliphatic rings. The summed E-state index contributed by atoms with van der Waals surface area (Å²) in [5, 5.41) is 16.5. The molecule has 0 bridgehead atoms. The van der Waals surface area contributed by atoms with Crippen LogP contribution >= 0.6 is 34.4 Å². The molecule has 0 saturated heterocycles. The lowest BCUT2D eigenvalue weighted by Crippen LogP contribution is -2.24. The van der Waals surface area contributed by atoms with Gasteiger partial charge in [-0.1, -0.05) is 29.2 Å². The number of carbonyl (C=O) groups is 2. The molecule has 24 heavy (non-hydrogen) atoms. The largest absolute Gasteiger partial charge is 0.351 e. The summed E-state index contributed by atoms with van der Waals surface area (Å²) in [6.07, 6.45) is 0.868. The van der Waals surface area contributed by atoms with Gasteiger partial charge in [-0.25, -0.2) is 4.98 Å². The Bertz CT molecular complexity index is 734. The summed E-state index contributed by atoms with van der Waals surface area (Å²) in [4.78, 5) is 28.6. The normalized spacial score (nSPS) is 10.2. The van der Waals surface area contributed by atoms with Gasteiger partial charge in [0.1, 0.15) is 0 Å². The highest BCUT2D eigenvalue weighted by molar-refractivity contribution is 8.01. The van der Waals surface area contributed by atoms with Gasteiger partial charge in [0.2, 0.25) is 5.91 Å². The van der Waals surface area contributed by atoms with Crippen LogP contribution in [0.4, 0.5) is 5.13 Å². The SMILES string of the molecule is Cc1nc(NC(=O)CCCNC(=O)c2cccs2)sc1SCC#N. The second-order valence-electron chi connectivity index (χ2n) is 4.72. The summed E-state index contributed by atoms with van der Waals surface area (Å²) in [6.45, 7) is 2.30. The number of carbonyl (C=O) groups excluding carboxylic acids is 2. The van der Waals surface area contributed by atoms with Gasteiger partial charge in [-0.2, -0.15) is 5.26 Å². The Hall–Kier alpha value is -1.89. The van der Waals surface area contributed by atoms with Crippen molar-refractivity contribution in [2.75, 3.05) is 17.6 Å². The molecule has 0 atom stereocenters. The molecule has 2 amide bonds. The Balaban J connectivity index is 1.70. The van der Waals surface area contributed by atoms with Crippen LogP contribution in [0.1, 0.15) is 28.2 Å². The van der Waals surface area contributed by atoms with E-state index in [1.54, 1.807) is 6.07 Å². The second-order valence-corrected chi connectivity index (χ2v) is 7.91.